The van der Waals surface area contributed by atoms with Gasteiger partial charge in [-0.1, -0.05) is 30.3 Å². The second kappa shape index (κ2) is 6.43. The molecule has 1 aromatic carbocycles. The molecule has 2 fully saturated rings. The molecule has 2 heterocycles. The Bertz CT molecular complexity index is 605. The molecule has 2 saturated heterocycles. The molecule has 0 spiro atoms. The Morgan fingerprint density at radius 1 is 1.21 bits per heavy atom. The van der Waals surface area contributed by atoms with E-state index in [0.717, 1.165) is 12.8 Å². The molecule has 24 heavy (non-hydrogen) atoms. The van der Waals surface area contributed by atoms with Gasteiger partial charge in [0.1, 0.15) is 11.5 Å². The molecule has 6 heteroatoms. The minimum Gasteiger partial charge on any atom is -0.465 e. The molecular weight excluding hydrogens is 310 g/mol. The molecule has 2 bridgehead atoms. The average Bonchev–Trinajstić information content (AvgIpc) is 2.86. The molecule has 4 atom stereocenters. The maximum absolute atomic E-state index is 12.7. The summed E-state index contributed by atoms with van der Waals surface area (Å²) in [6, 6.07) is 8.95. The molecule has 2 unspecified atom stereocenters. The van der Waals surface area contributed by atoms with Crippen LogP contribution in [-0.2, 0) is 14.9 Å². The van der Waals surface area contributed by atoms with Gasteiger partial charge in [-0.05, 0) is 25.3 Å². The predicted molar refractivity (Wildman–Crippen MR) is 86.7 cm³/mol. The van der Waals surface area contributed by atoms with Gasteiger partial charge in [0.2, 0.25) is 0 Å². The summed E-state index contributed by atoms with van der Waals surface area (Å²) >= 11 is 0. The standard InChI is InChI=1S/C18H23NO5/c1-18(11-20,12-5-3-2-4-6-12)16(21)24-15-9-13-7-8-14(10-15)19(13)17(22)23/h2-6,13-15,20H,7-11H2,1H3,(H,22,23)/t13-,14+,15?,18?. The quantitative estimate of drug-likeness (QED) is 0.825. The van der Waals surface area contributed by atoms with Gasteiger partial charge in [0.15, 0.2) is 0 Å². The second-order valence-corrected chi connectivity index (χ2v) is 6.93. The van der Waals surface area contributed by atoms with Crippen molar-refractivity contribution in [2.45, 2.75) is 56.2 Å². The Kier molecular flexibility index (Phi) is 4.49. The topological polar surface area (TPSA) is 87.1 Å². The summed E-state index contributed by atoms with van der Waals surface area (Å²) in [5.41, 5.74) is -0.395. The van der Waals surface area contributed by atoms with E-state index in [0.29, 0.717) is 18.4 Å². The normalized spacial score (nSPS) is 28.2. The largest absolute Gasteiger partial charge is 0.465 e. The van der Waals surface area contributed by atoms with Crippen molar-refractivity contribution in [1.82, 2.24) is 4.90 Å². The van der Waals surface area contributed by atoms with Crippen molar-refractivity contribution in [3.63, 3.8) is 0 Å². The third-order valence-electron chi connectivity index (χ3n) is 5.36. The second-order valence-electron chi connectivity index (χ2n) is 6.93. The van der Waals surface area contributed by atoms with Crippen LogP contribution in [0, 0.1) is 0 Å². The fourth-order valence-electron chi connectivity index (χ4n) is 3.90. The Labute approximate surface area is 141 Å². The van der Waals surface area contributed by atoms with Crippen molar-refractivity contribution < 1.29 is 24.5 Å². The number of benzene rings is 1. The number of hydrogen-bond donors (Lipinski definition) is 2. The smallest absolute Gasteiger partial charge is 0.407 e. The van der Waals surface area contributed by atoms with E-state index in [2.05, 4.69) is 0 Å². The first-order chi connectivity index (χ1) is 11.5. The number of esters is 1. The monoisotopic (exact) mass is 333 g/mol. The van der Waals surface area contributed by atoms with Crippen molar-refractivity contribution >= 4 is 12.1 Å². The number of aliphatic hydroxyl groups is 1. The average molecular weight is 333 g/mol. The summed E-state index contributed by atoms with van der Waals surface area (Å²) < 4.78 is 5.69. The number of carbonyl (C=O) groups is 2. The number of fused-ring (bicyclic) bond motifs is 2. The molecule has 1 amide bonds. The van der Waals surface area contributed by atoms with Crippen molar-refractivity contribution in [2.75, 3.05) is 6.61 Å². The third-order valence-corrected chi connectivity index (χ3v) is 5.36. The highest BCUT2D eigenvalue weighted by Gasteiger charge is 2.46. The lowest BCUT2D eigenvalue weighted by Gasteiger charge is -2.38. The Hall–Kier alpha value is -2.08. The van der Waals surface area contributed by atoms with Gasteiger partial charge in [0, 0.05) is 24.9 Å². The maximum atomic E-state index is 12.7. The Balaban J connectivity index is 1.70. The molecule has 0 aromatic heterocycles. The number of nitrogens with zero attached hydrogens (tertiary/aromatic N) is 1. The molecule has 6 nitrogen and oxygen atoms in total. The lowest BCUT2D eigenvalue weighted by molar-refractivity contribution is -0.160. The van der Waals surface area contributed by atoms with Crippen LogP contribution in [0.1, 0.15) is 38.2 Å². The van der Waals surface area contributed by atoms with E-state index in [1.54, 1.807) is 19.1 Å². The zero-order valence-electron chi connectivity index (χ0n) is 13.7. The van der Waals surface area contributed by atoms with E-state index in [-0.39, 0.29) is 24.8 Å². The highest BCUT2D eigenvalue weighted by Crippen LogP contribution is 2.38. The van der Waals surface area contributed by atoms with Gasteiger partial charge in [-0.15, -0.1) is 0 Å². The van der Waals surface area contributed by atoms with Crippen molar-refractivity contribution in [1.29, 1.82) is 0 Å². The van der Waals surface area contributed by atoms with Gasteiger partial charge in [-0.3, -0.25) is 4.79 Å². The van der Waals surface area contributed by atoms with Gasteiger partial charge < -0.3 is 19.8 Å². The molecule has 1 aromatic rings. The minimum absolute atomic E-state index is 0.0730. The molecule has 0 saturated carbocycles. The third kappa shape index (κ3) is 2.86. The lowest BCUT2D eigenvalue weighted by Crippen LogP contribution is -2.49. The van der Waals surface area contributed by atoms with E-state index < -0.39 is 17.5 Å². The number of aliphatic hydroxyl groups excluding tert-OH is 1. The summed E-state index contributed by atoms with van der Waals surface area (Å²) in [4.78, 5) is 25.5. The summed E-state index contributed by atoms with van der Waals surface area (Å²) in [5, 5.41) is 19.1. The Morgan fingerprint density at radius 3 is 2.29 bits per heavy atom. The molecule has 2 N–H and O–H groups in total. The van der Waals surface area contributed by atoms with Crippen LogP contribution in [0.4, 0.5) is 4.79 Å². The molecule has 3 rings (SSSR count). The highest BCUT2D eigenvalue weighted by atomic mass is 16.5. The van der Waals surface area contributed by atoms with E-state index in [9.17, 15) is 19.8 Å². The zero-order valence-corrected chi connectivity index (χ0v) is 13.7. The van der Waals surface area contributed by atoms with Crippen LogP contribution in [0.25, 0.3) is 0 Å². The zero-order chi connectivity index (χ0) is 17.3. The van der Waals surface area contributed by atoms with E-state index >= 15 is 0 Å². The van der Waals surface area contributed by atoms with E-state index in [4.69, 9.17) is 4.74 Å². The first kappa shape index (κ1) is 16.8. The summed E-state index contributed by atoms with van der Waals surface area (Å²) in [7, 11) is 0. The van der Waals surface area contributed by atoms with Crippen molar-refractivity contribution in [3.05, 3.63) is 35.9 Å². The van der Waals surface area contributed by atoms with Gasteiger partial charge in [0.25, 0.3) is 0 Å². The van der Waals surface area contributed by atoms with E-state index in [1.807, 2.05) is 18.2 Å². The van der Waals surface area contributed by atoms with Crippen LogP contribution < -0.4 is 0 Å². The van der Waals surface area contributed by atoms with Crippen LogP contribution in [-0.4, -0.2) is 52.0 Å². The number of carboxylic acid groups (broad SMARTS) is 1. The maximum Gasteiger partial charge on any atom is 0.407 e. The summed E-state index contributed by atoms with van der Waals surface area (Å²) in [6.07, 6.45) is 1.52. The number of rotatable bonds is 4. The van der Waals surface area contributed by atoms with Gasteiger partial charge in [-0.2, -0.15) is 0 Å². The van der Waals surface area contributed by atoms with Gasteiger partial charge in [0.05, 0.1) is 6.61 Å². The number of hydrogen-bond acceptors (Lipinski definition) is 4. The van der Waals surface area contributed by atoms with Gasteiger partial charge in [-0.25, -0.2) is 4.79 Å². The Morgan fingerprint density at radius 2 is 1.79 bits per heavy atom. The van der Waals surface area contributed by atoms with Crippen molar-refractivity contribution in [3.8, 4) is 0 Å². The highest BCUT2D eigenvalue weighted by molar-refractivity contribution is 5.83. The minimum atomic E-state index is -1.11. The van der Waals surface area contributed by atoms with Gasteiger partial charge >= 0.3 is 12.1 Å². The molecule has 130 valence electrons. The summed E-state index contributed by atoms with van der Waals surface area (Å²) in [6.45, 7) is 1.34. The van der Waals surface area contributed by atoms with Crippen LogP contribution in [0.2, 0.25) is 0 Å². The fourth-order valence-corrected chi connectivity index (χ4v) is 3.90. The molecular formula is C18H23NO5. The van der Waals surface area contributed by atoms with Crippen LogP contribution >= 0.6 is 0 Å². The molecule has 2 aliphatic rings. The number of amides is 1. The molecule has 2 aliphatic heterocycles. The number of carbonyl (C=O) groups excluding carboxylic acids is 1. The molecule has 0 radical (unpaired) electrons. The first-order valence-corrected chi connectivity index (χ1v) is 8.34. The van der Waals surface area contributed by atoms with Crippen LogP contribution in [0.15, 0.2) is 30.3 Å². The van der Waals surface area contributed by atoms with Crippen LogP contribution in [0.3, 0.4) is 0 Å². The lowest BCUT2D eigenvalue weighted by atomic mass is 9.83. The SMILES string of the molecule is CC(CO)(C(=O)OC1C[C@H]2CC[C@@H](C1)N2C(=O)O)c1ccccc1. The van der Waals surface area contributed by atoms with E-state index in [1.165, 1.54) is 4.90 Å². The predicted octanol–water partition coefficient (Wildman–Crippen LogP) is 2.15. The first-order valence-electron chi connectivity index (χ1n) is 8.34. The number of piperidine rings is 1. The molecule has 0 aliphatic carbocycles. The van der Waals surface area contributed by atoms with Crippen LogP contribution in [0.5, 0.6) is 0 Å². The number of ether oxygens (including phenoxy) is 1. The fraction of sp³-hybridized carbons (Fsp3) is 0.556. The van der Waals surface area contributed by atoms with Crippen molar-refractivity contribution in [2.24, 2.45) is 0 Å². The summed E-state index contributed by atoms with van der Waals surface area (Å²) in [5.74, 6) is -0.454.